The molecule has 0 bridgehead atoms. The number of nitrogens with one attached hydrogen (secondary N) is 1. The van der Waals surface area contributed by atoms with E-state index >= 15 is 0 Å². The molecule has 0 unspecified atom stereocenters. The average molecular weight is 668 g/mol. The quantitative estimate of drug-likeness (QED) is 0.294. The van der Waals surface area contributed by atoms with Crippen molar-refractivity contribution in [3.63, 3.8) is 0 Å². The van der Waals surface area contributed by atoms with Gasteiger partial charge in [0.15, 0.2) is 0 Å². The average Bonchev–Trinajstić information content (AvgIpc) is 3.06. The van der Waals surface area contributed by atoms with Crippen LogP contribution >= 0.6 is 0 Å². The number of likely N-dealkylation sites (N-methyl/N-ethyl adjacent to an activating group) is 1. The number of amides is 1. The van der Waals surface area contributed by atoms with Gasteiger partial charge in [0.05, 0.1) is 42.4 Å². The van der Waals surface area contributed by atoms with Crippen LogP contribution in [0.15, 0.2) is 77.7 Å². The molecule has 47 heavy (non-hydrogen) atoms. The zero-order chi connectivity index (χ0) is 34.0. The first-order valence-electron chi connectivity index (χ1n) is 16.2. The van der Waals surface area contributed by atoms with Crippen molar-refractivity contribution in [1.29, 1.82) is 0 Å². The minimum Gasteiger partial charge on any atom is -0.497 e. The van der Waals surface area contributed by atoms with Crippen LogP contribution in [0.4, 0.5) is 5.69 Å². The van der Waals surface area contributed by atoms with Crippen molar-refractivity contribution >= 4 is 21.6 Å². The number of nitrogens with zero attached hydrogens (tertiary/aromatic N) is 2. The number of aliphatic hydroxyl groups excluding tert-OH is 1. The highest BCUT2D eigenvalue weighted by atomic mass is 32.2. The van der Waals surface area contributed by atoms with Crippen molar-refractivity contribution in [3.8, 4) is 11.5 Å². The molecule has 3 aromatic carbocycles. The fourth-order valence-corrected chi connectivity index (χ4v) is 6.73. The Morgan fingerprint density at radius 2 is 1.79 bits per heavy atom. The molecule has 10 nitrogen and oxygen atoms in total. The van der Waals surface area contributed by atoms with Crippen molar-refractivity contribution in [1.82, 2.24) is 9.80 Å². The van der Waals surface area contributed by atoms with Gasteiger partial charge in [-0.2, -0.15) is 0 Å². The van der Waals surface area contributed by atoms with Gasteiger partial charge in [0.2, 0.25) is 0 Å². The van der Waals surface area contributed by atoms with E-state index < -0.39 is 16.1 Å². The summed E-state index contributed by atoms with van der Waals surface area (Å²) in [5.74, 6) is 0.466. The fourth-order valence-electron chi connectivity index (χ4n) is 5.68. The minimum absolute atomic E-state index is 0.0576. The second-order valence-electron chi connectivity index (χ2n) is 12.5. The van der Waals surface area contributed by atoms with Gasteiger partial charge in [-0.1, -0.05) is 37.3 Å². The number of methoxy groups -OCH3 is 1. The van der Waals surface area contributed by atoms with Crippen molar-refractivity contribution in [2.45, 2.75) is 69.7 Å². The van der Waals surface area contributed by atoms with Crippen LogP contribution in [0.2, 0.25) is 0 Å². The summed E-state index contributed by atoms with van der Waals surface area (Å²) in [6, 6.07) is 20.6. The van der Waals surface area contributed by atoms with Gasteiger partial charge in [-0.25, -0.2) is 8.42 Å². The number of ether oxygens (including phenoxy) is 3. The highest BCUT2D eigenvalue weighted by Crippen LogP contribution is 2.30. The summed E-state index contributed by atoms with van der Waals surface area (Å²) in [5.41, 5.74) is 1.65. The van der Waals surface area contributed by atoms with E-state index in [2.05, 4.69) is 35.7 Å². The smallest absolute Gasteiger partial charge is 0.261 e. The first-order valence-corrected chi connectivity index (χ1v) is 17.7. The molecule has 0 radical (unpaired) electrons. The first kappa shape index (κ1) is 36.2. The van der Waals surface area contributed by atoms with Crippen molar-refractivity contribution in [3.05, 3.63) is 83.9 Å². The third-order valence-corrected chi connectivity index (χ3v) is 9.86. The van der Waals surface area contributed by atoms with E-state index in [4.69, 9.17) is 14.2 Å². The topological polar surface area (TPSA) is 118 Å². The van der Waals surface area contributed by atoms with Gasteiger partial charge in [0, 0.05) is 37.8 Å². The second kappa shape index (κ2) is 17.0. The van der Waals surface area contributed by atoms with Crippen LogP contribution in [0.3, 0.4) is 0 Å². The first-order chi connectivity index (χ1) is 22.5. The summed E-state index contributed by atoms with van der Waals surface area (Å²) in [5, 5.41) is 10.2. The molecule has 1 aliphatic rings. The van der Waals surface area contributed by atoms with Gasteiger partial charge in [-0.15, -0.1) is 0 Å². The molecule has 2 N–H and O–H groups in total. The summed E-state index contributed by atoms with van der Waals surface area (Å²) in [6.45, 7) is 7.92. The third kappa shape index (κ3) is 10.2. The van der Waals surface area contributed by atoms with Crippen molar-refractivity contribution < 1.29 is 32.5 Å². The van der Waals surface area contributed by atoms with Crippen LogP contribution in [0, 0.1) is 5.92 Å². The van der Waals surface area contributed by atoms with Crippen molar-refractivity contribution in [2.75, 3.05) is 45.2 Å². The molecular formula is C36H49N3O7S. The minimum atomic E-state index is -3.96. The Balaban J connectivity index is 1.64. The molecular weight excluding hydrogens is 618 g/mol. The Morgan fingerprint density at radius 3 is 2.47 bits per heavy atom. The normalized spacial score (nSPS) is 20.5. The molecule has 0 aliphatic carbocycles. The Morgan fingerprint density at radius 1 is 1.06 bits per heavy atom. The Kier molecular flexibility index (Phi) is 13.1. The molecule has 0 fully saturated rings. The number of fused-ring (bicyclic) bond motifs is 1. The molecule has 4 atom stereocenters. The Labute approximate surface area is 279 Å². The van der Waals surface area contributed by atoms with Crippen LogP contribution in [0.5, 0.6) is 11.5 Å². The third-order valence-electron chi connectivity index (χ3n) is 8.46. The van der Waals surface area contributed by atoms with Crippen LogP contribution < -0.4 is 14.2 Å². The predicted octanol–water partition coefficient (Wildman–Crippen LogP) is 5.42. The van der Waals surface area contributed by atoms with Crippen LogP contribution in [-0.4, -0.2) is 87.9 Å². The van der Waals surface area contributed by atoms with Crippen LogP contribution in [0.25, 0.3) is 0 Å². The molecule has 0 aromatic heterocycles. The standard InChI is InChI=1S/C36H49N3O7S/c1-26-22-39(27(2)25-40)36(41)33-21-30(37-47(42,43)32-17-15-31(44-5)16-18-32)14-19-34(33)46-28(3)11-9-10-20-45-35(26)24-38(4)23-29-12-7-6-8-13-29/h6-8,12-19,21,26-28,35,37,40H,9-11,20,22-25H2,1-5H3/t26-,27-,28+,35+/m0/s1. The number of hydrogen-bond acceptors (Lipinski definition) is 8. The number of rotatable bonds is 10. The van der Waals surface area contributed by atoms with Gasteiger partial charge in [-0.05, 0) is 88.2 Å². The number of anilines is 1. The number of sulfonamides is 1. The lowest BCUT2D eigenvalue weighted by molar-refractivity contribution is -0.0177. The highest BCUT2D eigenvalue weighted by Gasteiger charge is 2.30. The maximum Gasteiger partial charge on any atom is 0.261 e. The molecule has 1 aliphatic heterocycles. The van der Waals surface area contributed by atoms with E-state index in [1.165, 1.54) is 30.9 Å². The molecule has 1 amide bonds. The number of carbonyl (C=O) groups is 1. The van der Waals surface area contributed by atoms with E-state index in [0.717, 1.165) is 25.8 Å². The summed E-state index contributed by atoms with van der Waals surface area (Å²) < 4.78 is 47.0. The van der Waals surface area contributed by atoms with Gasteiger partial charge in [-0.3, -0.25) is 14.4 Å². The summed E-state index contributed by atoms with van der Waals surface area (Å²) in [4.78, 5) is 18.3. The molecule has 1 heterocycles. The van der Waals surface area contributed by atoms with E-state index in [1.54, 1.807) is 36.1 Å². The maximum absolute atomic E-state index is 14.4. The monoisotopic (exact) mass is 667 g/mol. The number of carbonyl (C=O) groups excluding carboxylic acids is 1. The molecule has 256 valence electrons. The van der Waals surface area contributed by atoms with Crippen LogP contribution in [-0.2, 0) is 21.3 Å². The van der Waals surface area contributed by atoms with Crippen molar-refractivity contribution in [2.24, 2.45) is 5.92 Å². The fraction of sp³-hybridized carbons (Fsp3) is 0.472. The van der Waals surface area contributed by atoms with Gasteiger partial charge in [0.1, 0.15) is 11.5 Å². The predicted molar refractivity (Wildman–Crippen MR) is 183 cm³/mol. The Hall–Kier alpha value is -3.64. The van der Waals surface area contributed by atoms with Gasteiger partial charge in [0.25, 0.3) is 15.9 Å². The summed E-state index contributed by atoms with van der Waals surface area (Å²) >= 11 is 0. The SMILES string of the molecule is COc1ccc(S(=O)(=O)Nc2ccc3c(c2)C(=O)N([C@@H](C)CO)C[C@H](C)[C@@H](CN(C)Cc2ccccc2)OCCCC[C@@H](C)O3)cc1. The number of benzene rings is 3. The van der Waals surface area contributed by atoms with Crippen LogP contribution in [0.1, 0.15) is 56.0 Å². The molecule has 0 saturated heterocycles. The molecule has 0 saturated carbocycles. The molecule has 3 aromatic rings. The van der Waals surface area contributed by atoms with E-state index in [-0.39, 0.29) is 46.8 Å². The van der Waals surface area contributed by atoms with E-state index in [9.17, 15) is 18.3 Å². The number of aliphatic hydroxyl groups is 1. The maximum atomic E-state index is 14.4. The lowest BCUT2D eigenvalue weighted by Crippen LogP contribution is -2.47. The van der Waals surface area contributed by atoms with E-state index in [0.29, 0.717) is 31.2 Å². The largest absolute Gasteiger partial charge is 0.497 e. The zero-order valence-corrected chi connectivity index (χ0v) is 28.9. The van der Waals surface area contributed by atoms with Gasteiger partial charge >= 0.3 is 0 Å². The summed E-state index contributed by atoms with van der Waals surface area (Å²) in [6.07, 6.45) is 2.16. The lowest BCUT2D eigenvalue weighted by atomic mass is 10.0. The Bertz CT molecular complexity index is 1540. The molecule has 11 heteroatoms. The summed E-state index contributed by atoms with van der Waals surface area (Å²) in [7, 11) is -0.382. The zero-order valence-electron chi connectivity index (χ0n) is 28.1. The number of hydrogen-bond donors (Lipinski definition) is 2. The molecule has 4 rings (SSSR count). The second-order valence-corrected chi connectivity index (χ2v) is 14.2. The molecule has 0 spiro atoms. The van der Waals surface area contributed by atoms with Gasteiger partial charge < -0.3 is 24.2 Å². The van der Waals surface area contributed by atoms with E-state index in [1.807, 2.05) is 25.1 Å². The highest BCUT2D eigenvalue weighted by molar-refractivity contribution is 7.92. The lowest BCUT2D eigenvalue weighted by Gasteiger charge is -2.36.